The number of amides is 1. The Morgan fingerprint density at radius 3 is 1.53 bits per heavy atom. The zero-order chi connectivity index (χ0) is 37.4. The lowest BCUT2D eigenvalue weighted by atomic mass is 9.99. The predicted octanol–water partition coefficient (Wildman–Crippen LogP) is 8.17. The molecule has 0 aliphatic carbocycles. The SMILES string of the molecule is CCCCCCCCCCCCCCC/C=C/C(O)C(COC1OC(CO)C(O)C(O)C1O)NC(=O)CCCCCCCCCCCCCCC. The van der Waals surface area contributed by atoms with Crippen molar-refractivity contribution in [2.24, 2.45) is 0 Å². The lowest BCUT2D eigenvalue weighted by Gasteiger charge is -2.40. The highest BCUT2D eigenvalue weighted by Crippen LogP contribution is 2.22. The largest absolute Gasteiger partial charge is 0.394 e. The van der Waals surface area contributed by atoms with Gasteiger partial charge in [0.2, 0.25) is 5.91 Å². The molecule has 7 atom stereocenters. The molecule has 1 aliphatic heterocycles. The summed E-state index contributed by atoms with van der Waals surface area (Å²) in [7, 11) is 0. The summed E-state index contributed by atoms with van der Waals surface area (Å²) in [5.74, 6) is -0.176. The third kappa shape index (κ3) is 24.8. The molecule has 0 spiro atoms. The summed E-state index contributed by atoms with van der Waals surface area (Å²) in [6.07, 6.45) is 29.6. The number of hydrogen-bond acceptors (Lipinski definition) is 8. The second-order valence-electron chi connectivity index (χ2n) is 15.1. The van der Waals surface area contributed by atoms with Gasteiger partial charge in [-0.05, 0) is 19.3 Å². The number of allylic oxidation sites excluding steroid dienone is 1. The highest BCUT2D eigenvalue weighted by atomic mass is 16.7. The molecular weight excluding hydrogens is 646 g/mol. The zero-order valence-electron chi connectivity index (χ0n) is 32.9. The molecule has 1 saturated heterocycles. The van der Waals surface area contributed by atoms with Crippen molar-refractivity contribution in [2.45, 2.75) is 236 Å². The maximum Gasteiger partial charge on any atom is 0.220 e. The maximum atomic E-state index is 12.9. The highest BCUT2D eigenvalue weighted by Gasteiger charge is 2.44. The van der Waals surface area contributed by atoms with E-state index in [1.54, 1.807) is 6.08 Å². The number of nitrogens with one attached hydrogen (secondary N) is 1. The van der Waals surface area contributed by atoms with Crippen molar-refractivity contribution in [3.8, 4) is 0 Å². The highest BCUT2D eigenvalue weighted by molar-refractivity contribution is 5.76. The van der Waals surface area contributed by atoms with Gasteiger partial charge in [-0.1, -0.05) is 180 Å². The minimum Gasteiger partial charge on any atom is -0.394 e. The Bertz CT molecular complexity index is 812. The van der Waals surface area contributed by atoms with Crippen LogP contribution in [0.5, 0.6) is 0 Å². The maximum absolute atomic E-state index is 12.9. The second-order valence-corrected chi connectivity index (χ2v) is 15.1. The Labute approximate surface area is 312 Å². The Hall–Kier alpha value is -1.07. The van der Waals surface area contributed by atoms with Crippen LogP contribution in [0.1, 0.15) is 194 Å². The number of aliphatic hydroxyl groups excluding tert-OH is 5. The van der Waals surface area contributed by atoms with Crippen molar-refractivity contribution in [3.63, 3.8) is 0 Å². The number of rotatable bonds is 35. The van der Waals surface area contributed by atoms with Gasteiger partial charge in [-0.2, -0.15) is 0 Å². The standard InChI is InChI=1S/C42H81NO8/c1-3-5-7-9-11-13-15-17-18-20-21-23-25-27-29-31-36(45)35(34-50-42-41(49)40(48)39(47)37(33-44)51-42)43-38(46)32-30-28-26-24-22-19-16-14-12-10-8-6-4-2/h29,31,35-37,39-42,44-45,47-49H,3-28,30,32-34H2,1-2H3,(H,43,46)/b31-29+. The first-order chi connectivity index (χ1) is 24.8. The molecule has 51 heavy (non-hydrogen) atoms. The van der Waals surface area contributed by atoms with Crippen molar-refractivity contribution in [1.82, 2.24) is 5.32 Å². The van der Waals surface area contributed by atoms with E-state index in [2.05, 4.69) is 19.2 Å². The summed E-state index contributed by atoms with van der Waals surface area (Å²) in [5.41, 5.74) is 0. The van der Waals surface area contributed by atoms with Gasteiger partial charge in [-0.3, -0.25) is 4.79 Å². The van der Waals surface area contributed by atoms with Gasteiger partial charge in [0.1, 0.15) is 24.4 Å². The van der Waals surface area contributed by atoms with Crippen LogP contribution < -0.4 is 5.32 Å². The number of ether oxygens (including phenoxy) is 2. The minimum absolute atomic E-state index is 0.176. The monoisotopic (exact) mass is 728 g/mol. The van der Waals surface area contributed by atoms with E-state index >= 15 is 0 Å². The molecule has 0 aromatic heterocycles. The quantitative estimate of drug-likeness (QED) is 0.0283. The summed E-state index contributed by atoms with van der Waals surface area (Å²) in [5, 5.41) is 54.0. The summed E-state index contributed by atoms with van der Waals surface area (Å²) in [6, 6.07) is -0.797. The van der Waals surface area contributed by atoms with E-state index in [1.807, 2.05) is 6.08 Å². The molecule has 1 amide bonds. The van der Waals surface area contributed by atoms with Gasteiger partial charge in [0.15, 0.2) is 6.29 Å². The van der Waals surface area contributed by atoms with Gasteiger partial charge >= 0.3 is 0 Å². The Morgan fingerprint density at radius 2 is 1.08 bits per heavy atom. The molecule has 9 heteroatoms. The van der Waals surface area contributed by atoms with Crippen LogP contribution >= 0.6 is 0 Å². The molecule has 0 saturated carbocycles. The third-order valence-corrected chi connectivity index (χ3v) is 10.4. The molecule has 1 fully saturated rings. The van der Waals surface area contributed by atoms with Gasteiger partial charge in [0.05, 0.1) is 25.4 Å². The van der Waals surface area contributed by atoms with Crippen LogP contribution in [0.15, 0.2) is 12.2 Å². The number of carbonyl (C=O) groups excluding carboxylic acids is 1. The van der Waals surface area contributed by atoms with Crippen LogP contribution in [-0.2, 0) is 14.3 Å². The van der Waals surface area contributed by atoms with Crippen molar-refractivity contribution in [2.75, 3.05) is 13.2 Å². The Morgan fingerprint density at radius 1 is 0.647 bits per heavy atom. The van der Waals surface area contributed by atoms with Crippen LogP contribution in [0.2, 0.25) is 0 Å². The van der Waals surface area contributed by atoms with E-state index in [1.165, 1.54) is 135 Å². The van der Waals surface area contributed by atoms with Crippen molar-refractivity contribution in [1.29, 1.82) is 0 Å². The first kappa shape index (κ1) is 48.0. The molecule has 1 heterocycles. The number of hydrogen-bond donors (Lipinski definition) is 6. The van der Waals surface area contributed by atoms with E-state index in [0.717, 1.165) is 38.5 Å². The topological polar surface area (TPSA) is 149 Å². The van der Waals surface area contributed by atoms with Crippen LogP contribution in [0.4, 0.5) is 0 Å². The van der Waals surface area contributed by atoms with Gasteiger partial charge in [-0.25, -0.2) is 0 Å². The Kier molecular flexibility index (Phi) is 31.5. The third-order valence-electron chi connectivity index (χ3n) is 10.4. The molecule has 0 aromatic rings. The summed E-state index contributed by atoms with van der Waals surface area (Å²) < 4.78 is 11.2. The lowest BCUT2D eigenvalue weighted by molar-refractivity contribution is -0.302. The number of unbranched alkanes of at least 4 members (excludes halogenated alkanes) is 25. The van der Waals surface area contributed by atoms with E-state index in [0.29, 0.717) is 6.42 Å². The summed E-state index contributed by atoms with van der Waals surface area (Å²) >= 11 is 0. The van der Waals surface area contributed by atoms with Crippen LogP contribution in [0.3, 0.4) is 0 Å². The van der Waals surface area contributed by atoms with E-state index in [4.69, 9.17) is 9.47 Å². The molecule has 0 bridgehead atoms. The minimum atomic E-state index is -1.56. The van der Waals surface area contributed by atoms with Crippen LogP contribution in [0.25, 0.3) is 0 Å². The molecule has 1 rings (SSSR count). The second kappa shape index (κ2) is 33.5. The smallest absolute Gasteiger partial charge is 0.220 e. The normalized spacial score (nSPS) is 22.1. The summed E-state index contributed by atoms with van der Waals surface area (Å²) in [6.45, 7) is 3.76. The first-order valence-electron chi connectivity index (χ1n) is 21.4. The van der Waals surface area contributed by atoms with Crippen LogP contribution in [-0.4, -0.2) is 87.5 Å². The van der Waals surface area contributed by atoms with Gasteiger partial charge in [0.25, 0.3) is 0 Å². The average Bonchev–Trinajstić information content (AvgIpc) is 3.13. The molecule has 7 unspecified atom stereocenters. The fraction of sp³-hybridized carbons (Fsp3) is 0.929. The molecular formula is C42H81NO8. The molecule has 302 valence electrons. The summed E-state index contributed by atoms with van der Waals surface area (Å²) in [4.78, 5) is 12.9. The van der Waals surface area contributed by atoms with Gasteiger partial charge < -0.3 is 40.3 Å². The van der Waals surface area contributed by atoms with Gasteiger partial charge in [-0.15, -0.1) is 0 Å². The van der Waals surface area contributed by atoms with Crippen molar-refractivity contribution < 1.29 is 39.8 Å². The van der Waals surface area contributed by atoms with Crippen molar-refractivity contribution in [3.05, 3.63) is 12.2 Å². The zero-order valence-corrected chi connectivity index (χ0v) is 32.9. The molecule has 1 aliphatic rings. The van der Waals surface area contributed by atoms with E-state index in [-0.39, 0.29) is 12.5 Å². The molecule has 0 aromatic carbocycles. The number of carbonyl (C=O) groups is 1. The predicted molar refractivity (Wildman–Crippen MR) is 207 cm³/mol. The molecule has 9 nitrogen and oxygen atoms in total. The van der Waals surface area contributed by atoms with E-state index < -0.39 is 49.5 Å². The van der Waals surface area contributed by atoms with E-state index in [9.17, 15) is 30.3 Å². The molecule has 0 radical (unpaired) electrons. The van der Waals surface area contributed by atoms with Crippen molar-refractivity contribution >= 4 is 5.91 Å². The fourth-order valence-corrected chi connectivity index (χ4v) is 6.86. The van der Waals surface area contributed by atoms with Crippen LogP contribution in [0, 0.1) is 0 Å². The number of aliphatic hydroxyl groups is 5. The fourth-order valence-electron chi connectivity index (χ4n) is 6.86. The molecule has 6 N–H and O–H groups in total. The van der Waals surface area contributed by atoms with Gasteiger partial charge in [0, 0.05) is 6.42 Å². The Balaban J connectivity index is 2.40. The average molecular weight is 728 g/mol. The lowest BCUT2D eigenvalue weighted by Crippen LogP contribution is -2.60. The first-order valence-corrected chi connectivity index (χ1v) is 21.4.